The number of nitrogens with zero attached hydrogens (tertiary/aromatic N) is 3. The number of carbonyl (C=O) groups excluding carboxylic acids is 1. The predicted molar refractivity (Wildman–Crippen MR) is 44.0 cm³/mol. The molecule has 0 aliphatic heterocycles. The summed E-state index contributed by atoms with van der Waals surface area (Å²) in [5, 5.41) is 6.59. The van der Waals surface area contributed by atoms with E-state index in [0.29, 0.717) is 6.92 Å². The second kappa shape index (κ2) is 3.30. The van der Waals surface area contributed by atoms with Gasteiger partial charge in [0.25, 0.3) is 0 Å². The molecule has 0 spiro atoms. The number of hydrogen-bond donors (Lipinski definition) is 1. The Hall–Kier alpha value is -1.44. The SMILES string of the molecule is Cn1cnnc1C(=O)C(C)(N)C(F)(F)F. The molecule has 0 bridgehead atoms. The van der Waals surface area contributed by atoms with E-state index in [1.165, 1.54) is 7.05 Å². The molecule has 0 aromatic carbocycles. The molecule has 0 saturated carbocycles. The minimum absolute atomic E-state index is 0.419. The molecule has 1 aromatic heterocycles. The van der Waals surface area contributed by atoms with Crippen LogP contribution in [0.5, 0.6) is 0 Å². The first-order valence-electron chi connectivity index (χ1n) is 3.92. The number of alkyl halides is 3. The van der Waals surface area contributed by atoms with Gasteiger partial charge in [-0.2, -0.15) is 13.2 Å². The topological polar surface area (TPSA) is 73.8 Å². The summed E-state index contributed by atoms with van der Waals surface area (Å²) in [6.45, 7) is 0.601. The number of hydrogen-bond acceptors (Lipinski definition) is 4. The van der Waals surface area contributed by atoms with Crippen molar-refractivity contribution in [3.8, 4) is 0 Å². The van der Waals surface area contributed by atoms with Crippen molar-refractivity contribution in [1.29, 1.82) is 0 Å². The molecule has 1 heterocycles. The van der Waals surface area contributed by atoms with Gasteiger partial charge in [-0.05, 0) is 6.92 Å². The summed E-state index contributed by atoms with van der Waals surface area (Å²) >= 11 is 0. The Bertz CT molecular complexity index is 382. The van der Waals surface area contributed by atoms with E-state index >= 15 is 0 Å². The Kier molecular flexibility index (Phi) is 2.56. The van der Waals surface area contributed by atoms with Crippen molar-refractivity contribution in [3.05, 3.63) is 12.2 Å². The van der Waals surface area contributed by atoms with Crippen LogP contribution >= 0.6 is 0 Å². The van der Waals surface area contributed by atoms with Gasteiger partial charge in [0.05, 0.1) is 0 Å². The maximum atomic E-state index is 12.4. The van der Waals surface area contributed by atoms with Gasteiger partial charge in [0, 0.05) is 7.05 Å². The van der Waals surface area contributed by atoms with Crippen LogP contribution in [0.4, 0.5) is 13.2 Å². The summed E-state index contributed by atoms with van der Waals surface area (Å²) in [7, 11) is 1.36. The van der Waals surface area contributed by atoms with E-state index < -0.39 is 23.3 Å². The number of Topliss-reactive ketones (excluding diaryl/α,β-unsaturated/α-hetero) is 1. The minimum Gasteiger partial charge on any atom is -0.314 e. The maximum absolute atomic E-state index is 12.4. The van der Waals surface area contributed by atoms with E-state index in [9.17, 15) is 18.0 Å². The number of aromatic nitrogens is 3. The number of ketones is 1. The van der Waals surface area contributed by atoms with Crippen molar-refractivity contribution >= 4 is 5.78 Å². The molecule has 1 aromatic rings. The lowest BCUT2D eigenvalue weighted by Crippen LogP contribution is -2.57. The molecule has 0 aliphatic carbocycles. The van der Waals surface area contributed by atoms with Crippen LogP contribution in [-0.2, 0) is 7.05 Å². The quantitative estimate of drug-likeness (QED) is 0.729. The predicted octanol–water partition coefficient (Wildman–Crippen LogP) is 0.277. The molecule has 0 aliphatic rings. The summed E-state index contributed by atoms with van der Waals surface area (Å²) in [6.07, 6.45) is -3.70. The van der Waals surface area contributed by atoms with E-state index in [0.717, 1.165) is 10.9 Å². The molecule has 1 unspecified atom stereocenters. The maximum Gasteiger partial charge on any atom is 0.413 e. The first-order valence-corrected chi connectivity index (χ1v) is 3.92. The van der Waals surface area contributed by atoms with Crippen molar-refractivity contribution < 1.29 is 18.0 Å². The fraction of sp³-hybridized carbons (Fsp3) is 0.571. The summed E-state index contributed by atoms with van der Waals surface area (Å²) in [4.78, 5) is 11.4. The molecule has 0 amide bonds. The van der Waals surface area contributed by atoms with E-state index in [2.05, 4.69) is 10.2 Å². The van der Waals surface area contributed by atoms with Gasteiger partial charge in [0.1, 0.15) is 6.33 Å². The fourth-order valence-electron chi connectivity index (χ4n) is 0.850. The van der Waals surface area contributed by atoms with E-state index in [1.54, 1.807) is 0 Å². The molecule has 84 valence electrons. The molecule has 5 nitrogen and oxygen atoms in total. The average molecular weight is 222 g/mol. The monoisotopic (exact) mass is 222 g/mol. The summed E-state index contributed by atoms with van der Waals surface area (Å²) in [6, 6.07) is 0. The van der Waals surface area contributed by atoms with Gasteiger partial charge in [-0.15, -0.1) is 10.2 Å². The molecule has 1 rings (SSSR count). The van der Waals surface area contributed by atoms with E-state index in [1.807, 2.05) is 0 Å². The molecule has 0 radical (unpaired) electrons. The van der Waals surface area contributed by atoms with Crippen LogP contribution in [0.3, 0.4) is 0 Å². The third-order valence-corrected chi connectivity index (χ3v) is 1.98. The largest absolute Gasteiger partial charge is 0.413 e. The number of rotatable bonds is 2. The highest BCUT2D eigenvalue weighted by Gasteiger charge is 2.55. The van der Waals surface area contributed by atoms with Gasteiger partial charge in [0.15, 0.2) is 5.54 Å². The van der Waals surface area contributed by atoms with Gasteiger partial charge < -0.3 is 10.3 Å². The molecule has 15 heavy (non-hydrogen) atoms. The number of halogens is 3. The fourth-order valence-corrected chi connectivity index (χ4v) is 0.850. The lowest BCUT2D eigenvalue weighted by molar-refractivity contribution is -0.166. The third-order valence-electron chi connectivity index (χ3n) is 1.98. The second-order valence-corrected chi connectivity index (χ2v) is 3.29. The summed E-state index contributed by atoms with van der Waals surface area (Å²) < 4.78 is 38.3. The van der Waals surface area contributed by atoms with Gasteiger partial charge >= 0.3 is 6.18 Å². The molecular weight excluding hydrogens is 213 g/mol. The summed E-state index contributed by atoms with van der Waals surface area (Å²) in [5.74, 6) is -1.73. The van der Waals surface area contributed by atoms with Gasteiger partial charge in [-0.25, -0.2) is 0 Å². The Labute approximate surface area is 83.1 Å². The molecule has 1 atom stereocenters. The summed E-state index contributed by atoms with van der Waals surface area (Å²) in [5.41, 5.74) is 1.99. The first-order chi connectivity index (χ1) is 6.68. The standard InChI is InChI=1S/C7H9F3N4O/c1-6(11,7(8,9)10)4(15)5-13-12-3-14(5)2/h3H,11H2,1-2H3. The zero-order valence-corrected chi connectivity index (χ0v) is 8.04. The van der Waals surface area contributed by atoms with Crippen molar-refractivity contribution in [2.45, 2.75) is 18.6 Å². The lowest BCUT2D eigenvalue weighted by Gasteiger charge is -2.24. The molecule has 2 N–H and O–H groups in total. The van der Waals surface area contributed by atoms with Gasteiger partial charge in [-0.1, -0.05) is 0 Å². The van der Waals surface area contributed by atoms with Crippen LogP contribution in [0.1, 0.15) is 17.5 Å². The van der Waals surface area contributed by atoms with E-state index in [-0.39, 0.29) is 0 Å². The Balaban J connectivity index is 3.11. The highest BCUT2D eigenvalue weighted by atomic mass is 19.4. The third kappa shape index (κ3) is 1.84. The van der Waals surface area contributed by atoms with Crippen molar-refractivity contribution in [1.82, 2.24) is 14.8 Å². The van der Waals surface area contributed by atoms with E-state index in [4.69, 9.17) is 5.73 Å². The zero-order chi connectivity index (χ0) is 11.9. The van der Waals surface area contributed by atoms with Crippen LogP contribution in [0.2, 0.25) is 0 Å². The number of nitrogens with two attached hydrogens (primary N) is 1. The molecular formula is C7H9F3N4O. The Morgan fingerprint density at radius 2 is 2.07 bits per heavy atom. The Morgan fingerprint density at radius 3 is 2.40 bits per heavy atom. The van der Waals surface area contributed by atoms with Crippen LogP contribution in [0.15, 0.2) is 6.33 Å². The van der Waals surface area contributed by atoms with Crippen molar-refractivity contribution in [2.24, 2.45) is 12.8 Å². The first kappa shape index (κ1) is 11.6. The van der Waals surface area contributed by atoms with Crippen LogP contribution in [0.25, 0.3) is 0 Å². The average Bonchev–Trinajstić information content (AvgIpc) is 2.48. The minimum atomic E-state index is -4.82. The highest BCUT2D eigenvalue weighted by molar-refractivity contribution is 6.00. The zero-order valence-electron chi connectivity index (χ0n) is 8.04. The van der Waals surface area contributed by atoms with Gasteiger partial charge in [-0.3, -0.25) is 4.79 Å². The van der Waals surface area contributed by atoms with Crippen molar-refractivity contribution in [2.75, 3.05) is 0 Å². The smallest absolute Gasteiger partial charge is 0.314 e. The van der Waals surface area contributed by atoms with Crippen LogP contribution in [-0.4, -0.2) is 32.3 Å². The second-order valence-electron chi connectivity index (χ2n) is 3.29. The van der Waals surface area contributed by atoms with Crippen LogP contribution < -0.4 is 5.73 Å². The van der Waals surface area contributed by atoms with Crippen LogP contribution in [0, 0.1) is 0 Å². The lowest BCUT2D eigenvalue weighted by atomic mass is 9.96. The normalized spacial score (nSPS) is 16.1. The molecule has 0 fully saturated rings. The molecule has 0 saturated heterocycles. The molecule has 8 heteroatoms. The van der Waals surface area contributed by atoms with Gasteiger partial charge in [0.2, 0.25) is 11.6 Å². The Morgan fingerprint density at radius 1 is 1.53 bits per heavy atom. The number of aryl methyl sites for hydroxylation is 1. The highest BCUT2D eigenvalue weighted by Crippen LogP contribution is 2.30. The number of carbonyl (C=O) groups is 1. The van der Waals surface area contributed by atoms with Crippen molar-refractivity contribution in [3.63, 3.8) is 0 Å².